The molecule has 6 heteroatoms. The molecule has 0 bridgehead atoms. The number of halogens is 1. The Morgan fingerprint density at radius 2 is 2.14 bits per heavy atom. The van der Waals surface area contributed by atoms with Gasteiger partial charge in [0.15, 0.2) is 0 Å². The van der Waals surface area contributed by atoms with Gasteiger partial charge in [0.25, 0.3) is 0 Å². The first kappa shape index (κ1) is 12.2. The number of sulfonamides is 1. The van der Waals surface area contributed by atoms with Crippen molar-refractivity contribution < 1.29 is 8.42 Å². The molecule has 4 nitrogen and oxygen atoms in total. The topological polar surface area (TPSA) is 40.6 Å². The summed E-state index contributed by atoms with van der Waals surface area (Å²) in [4.78, 5) is 2.01. The summed E-state index contributed by atoms with van der Waals surface area (Å²) in [6, 6.07) is 0.105. The quantitative estimate of drug-likeness (QED) is 0.674. The van der Waals surface area contributed by atoms with E-state index in [1.54, 1.807) is 4.31 Å². The summed E-state index contributed by atoms with van der Waals surface area (Å²) in [7, 11) is 0.676. The average Bonchev–Trinajstić information content (AvgIpc) is 2.52. The van der Waals surface area contributed by atoms with Crippen LogP contribution < -0.4 is 0 Å². The van der Waals surface area contributed by atoms with Crippen LogP contribution in [0, 0.1) is 0 Å². The molecule has 14 heavy (non-hydrogen) atoms. The van der Waals surface area contributed by atoms with Crippen molar-refractivity contribution >= 4 is 21.6 Å². The molecule has 1 aliphatic rings. The third-order valence-electron chi connectivity index (χ3n) is 2.39. The van der Waals surface area contributed by atoms with Gasteiger partial charge in [-0.15, -0.1) is 11.6 Å². The van der Waals surface area contributed by atoms with E-state index in [9.17, 15) is 8.42 Å². The summed E-state index contributed by atoms with van der Waals surface area (Å²) < 4.78 is 24.7. The lowest BCUT2D eigenvalue weighted by Crippen LogP contribution is -2.41. The van der Waals surface area contributed by atoms with E-state index >= 15 is 0 Å². The van der Waals surface area contributed by atoms with Crippen molar-refractivity contribution in [2.24, 2.45) is 0 Å². The largest absolute Gasteiger partial charge is 0.308 e. The van der Waals surface area contributed by atoms with Crippen molar-refractivity contribution in [1.82, 2.24) is 9.21 Å². The smallest absolute Gasteiger partial charge is 0.228 e. The van der Waals surface area contributed by atoms with Crippen LogP contribution in [0.2, 0.25) is 0 Å². The van der Waals surface area contributed by atoms with E-state index in [0.717, 1.165) is 19.4 Å². The highest BCUT2D eigenvalue weighted by molar-refractivity contribution is 7.90. The molecule has 0 saturated carbocycles. The number of nitrogens with zero attached hydrogens (tertiary/aromatic N) is 2. The van der Waals surface area contributed by atoms with Gasteiger partial charge in [-0.25, -0.2) is 8.42 Å². The molecule has 0 N–H and O–H groups in total. The number of rotatable bonds is 4. The maximum absolute atomic E-state index is 11.6. The Kier molecular flexibility index (Phi) is 4.18. The number of hydrogen-bond donors (Lipinski definition) is 0. The molecule has 1 aliphatic heterocycles. The summed E-state index contributed by atoms with van der Waals surface area (Å²) in [5.41, 5.74) is 0. The Hall–Kier alpha value is 0.160. The van der Waals surface area contributed by atoms with Gasteiger partial charge in [-0.3, -0.25) is 0 Å². The van der Waals surface area contributed by atoms with Crippen LogP contribution >= 0.6 is 11.6 Å². The van der Waals surface area contributed by atoms with Crippen LogP contribution in [0.3, 0.4) is 0 Å². The summed E-state index contributed by atoms with van der Waals surface area (Å²) in [6.07, 6.45) is 1.88. The first-order valence-electron chi connectivity index (χ1n) is 4.67. The molecule has 1 fully saturated rings. The zero-order valence-corrected chi connectivity index (χ0v) is 10.2. The van der Waals surface area contributed by atoms with Crippen molar-refractivity contribution in [1.29, 1.82) is 0 Å². The van der Waals surface area contributed by atoms with E-state index in [1.807, 2.05) is 19.0 Å². The molecule has 0 aromatic rings. The molecule has 1 unspecified atom stereocenters. The lowest BCUT2D eigenvalue weighted by Gasteiger charge is -2.25. The van der Waals surface area contributed by atoms with Gasteiger partial charge in [0, 0.05) is 19.1 Å². The van der Waals surface area contributed by atoms with Gasteiger partial charge < -0.3 is 4.90 Å². The zero-order valence-electron chi connectivity index (χ0n) is 8.61. The molecular formula is C8H17ClN2O2S. The highest BCUT2D eigenvalue weighted by atomic mass is 35.5. The van der Waals surface area contributed by atoms with Crippen molar-refractivity contribution in [3.05, 3.63) is 0 Å². The Balaban J connectivity index is 2.69. The summed E-state index contributed by atoms with van der Waals surface area (Å²) in [5, 5.41) is -0.309. The van der Waals surface area contributed by atoms with Gasteiger partial charge in [-0.1, -0.05) is 0 Å². The maximum atomic E-state index is 11.6. The molecule has 1 saturated heterocycles. The highest BCUT2D eigenvalue weighted by Crippen LogP contribution is 2.22. The van der Waals surface area contributed by atoms with Gasteiger partial charge in [0.05, 0.1) is 0 Å². The molecule has 1 rings (SSSR count). The van der Waals surface area contributed by atoms with Crippen molar-refractivity contribution in [2.75, 3.05) is 32.4 Å². The van der Waals surface area contributed by atoms with Gasteiger partial charge in [0.1, 0.15) is 5.21 Å². The van der Waals surface area contributed by atoms with E-state index < -0.39 is 10.0 Å². The molecule has 84 valence electrons. The number of alkyl halides is 1. The van der Waals surface area contributed by atoms with Crippen molar-refractivity contribution in [3.8, 4) is 0 Å². The lowest BCUT2D eigenvalue weighted by molar-refractivity contribution is 0.292. The average molecular weight is 241 g/mol. The Labute approximate surface area is 90.9 Å². The molecule has 0 amide bonds. The monoisotopic (exact) mass is 240 g/mol. The Morgan fingerprint density at radius 1 is 1.50 bits per heavy atom. The van der Waals surface area contributed by atoms with Crippen LogP contribution in [0.1, 0.15) is 12.8 Å². The summed E-state index contributed by atoms with van der Waals surface area (Å²) >= 11 is 5.43. The fourth-order valence-corrected chi connectivity index (χ4v) is 3.38. The first-order valence-corrected chi connectivity index (χ1v) is 6.82. The Morgan fingerprint density at radius 3 is 2.64 bits per heavy atom. The fourth-order valence-electron chi connectivity index (χ4n) is 1.84. The SMILES string of the molecule is CN(C)CC1CCCN1S(=O)(=O)CCl. The van der Waals surface area contributed by atoms with E-state index in [2.05, 4.69) is 0 Å². The second-order valence-electron chi connectivity index (χ2n) is 3.89. The second-order valence-corrected chi connectivity index (χ2v) is 6.40. The molecule has 0 aromatic carbocycles. The van der Waals surface area contributed by atoms with Crippen LogP contribution in [0.25, 0.3) is 0 Å². The van der Waals surface area contributed by atoms with E-state index in [1.165, 1.54) is 0 Å². The van der Waals surface area contributed by atoms with Crippen molar-refractivity contribution in [2.45, 2.75) is 18.9 Å². The van der Waals surface area contributed by atoms with Gasteiger partial charge in [-0.05, 0) is 26.9 Å². The third kappa shape index (κ3) is 2.82. The highest BCUT2D eigenvalue weighted by Gasteiger charge is 2.33. The molecule has 0 aliphatic carbocycles. The van der Waals surface area contributed by atoms with E-state index in [-0.39, 0.29) is 11.3 Å². The maximum Gasteiger partial charge on any atom is 0.228 e. The van der Waals surface area contributed by atoms with E-state index in [0.29, 0.717) is 6.54 Å². The lowest BCUT2D eigenvalue weighted by atomic mass is 10.2. The number of likely N-dealkylation sites (N-methyl/N-ethyl adjacent to an activating group) is 1. The molecule has 0 radical (unpaired) electrons. The van der Waals surface area contributed by atoms with Crippen molar-refractivity contribution in [3.63, 3.8) is 0 Å². The summed E-state index contributed by atoms with van der Waals surface area (Å²) in [5.74, 6) is 0. The minimum atomic E-state index is -3.22. The third-order valence-corrected chi connectivity index (χ3v) is 4.69. The molecule has 1 atom stereocenters. The molecular weight excluding hydrogens is 224 g/mol. The van der Waals surface area contributed by atoms with Crippen LogP contribution in [-0.2, 0) is 10.0 Å². The molecule has 0 spiro atoms. The number of hydrogen-bond acceptors (Lipinski definition) is 3. The molecule has 0 aromatic heterocycles. The minimum absolute atomic E-state index is 0.105. The van der Waals surface area contributed by atoms with Crippen LogP contribution in [-0.4, -0.2) is 56.1 Å². The van der Waals surface area contributed by atoms with Gasteiger partial charge >= 0.3 is 0 Å². The zero-order chi connectivity index (χ0) is 10.8. The first-order chi connectivity index (χ1) is 6.47. The van der Waals surface area contributed by atoms with Crippen LogP contribution in [0.4, 0.5) is 0 Å². The van der Waals surface area contributed by atoms with Crippen LogP contribution in [0.5, 0.6) is 0 Å². The predicted molar refractivity (Wildman–Crippen MR) is 57.9 cm³/mol. The fraction of sp³-hybridized carbons (Fsp3) is 1.00. The minimum Gasteiger partial charge on any atom is -0.308 e. The summed E-state index contributed by atoms with van der Waals surface area (Å²) in [6.45, 7) is 1.39. The second kappa shape index (κ2) is 4.79. The Bertz CT molecular complexity index is 279. The van der Waals surface area contributed by atoms with E-state index in [4.69, 9.17) is 11.6 Å². The van der Waals surface area contributed by atoms with Crippen LogP contribution in [0.15, 0.2) is 0 Å². The van der Waals surface area contributed by atoms with Gasteiger partial charge in [0.2, 0.25) is 10.0 Å². The standard InChI is InChI=1S/C8H17ClN2O2S/c1-10(2)6-8-4-3-5-11(8)14(12,13)7-9/h8H,3-7H2,1-2H3. The normalized spacial score (nSPS) is 24.7. The molecule has 1 heterocycles. The predicted octanol–water partition coefficient (Wildman–Crippen LogP) is 0.538. The van der Waals surface area contributed by atoms with Gasteiger partial charge in [-0.2, -0.15) is 4.31 Å².